The molecule has 0 amide bonds. The minimum atomic E-state index is 0.00480. The number of nitrogens with one attached hydrogen (secondary N) is 1. The molecule has 0 saturated heterocycles. The van der Waals surface area contributed by atoms with Crippen LogP contribution in [0.5, 0.6) is 0 Å². The van der Waals surface area contributed by atoms with Gasteiger partial charge in [-0.25, -0.2) is 0 Å². The summed E-state index contributed by atoms with van der Waals surface area (Å²) in [4.78, 5) is 0. The number of anilines is 1. The molecule has 0 aliphatic carbocycles. The van der Waals surface area contributed by atoms with Crippen LogP contribution in [0, 0.1) is 6.92 Å². The first-order chi connectivity index (χ1) is 7.89. The predicted molar refractivity (Wildman–Crippen MR) is 71.9 cm³/mol. The molecule has 0 aliphatic rings. The van der Waals surface area contributed by atoms with E-state index in [0.717, 1.165) is 16.8 Å². The van der Waals surface area contributed by atoms with Gasteiger partial charge in [-0.2, -0.15) is 5.10 Å². The molecule has 3 N–H and O–H groups in total. The Morgan fingerprint density at radius 3 is 2.24 bits per heavy atom. The van der Waals surface area contributed by atoms with E-state index in [-0.39, 0.29) is 5.41 Å². The summed E-state index contributed by atoms with van der Waals surface area (Å²) < 4.78 is 0. The molecule has 3 nitrogen and oxygen atoms in total. The van der Waals surface area contributed by atoms with Gasteiger partial charge in [-0.15, -0.1) is 0 Å². The van der Waals surface area contributed by atoms with Gasteiger partial charge < -0.3 is 5.73 Å². The van der Waals surface area contributed by atoms with Crippen molar-refractivity contribution >= 4 is 5.82 Å². The fourth-order valence-corrected chi connectivity index (χ4v) is 1.91. The Morgan fingerprint density at radius 2 is 1.71 bits per heavy atom. The van der Waals surface area contributed by atoms with Gasteiger partial charge in [-0.1, -0.05) is 50.6 Å². The predicted octanol–water partition coefficient (Wildman–Crippen LogP) is 3.26. The Balaban J connectivity index is 2.59. The fourth-order valence-electron chi connectivity index (χ4n) is 1.91. The van der Waals surface area contributed by atoms with Crippen LogP contribution in [0.3, 0.4) is 0 Å². The highest BCUT2D eigenvalue weighted by atomic mass is 15.2. The third-order valence-corrected chi connectivity index (χ3v) is 2.88. The molecule has 0 aliphatic heterocycles. The Hall–Kier alpha value is -1.77. The van der Waals surface area contributed by atoms with Crippen LogP contribution in [0.15, 0.2) is 24.3 Å². The maximum absolute atomic E-state index is 5.97. The maximum atomic E-state index is 5.97. The average Bonchev–Trinajstić information content (AvgIpc) is 2.61. The number of hydrogen-bond donors (Lipinski definition) is 2. The zero-order chi connectivity index (χ0) is 12.6. The highest BCUT2D eigenvalue weighted by Gasteiger charge is 2.23. The standard InChI is InChI=1S/C14H19N3/c1-9-5-7-10(8-6-9)11-12(14(2,3)4)16-17-13(11)15/h5-8H,1-4H3,(H3,15,16,17). The molecule has 0 fully saturated rings. The van der Waals surface area contributed by atoms with Gasteiger partial charge in [-0.3, -0.25) is 5.10 Å². The van der Waals surface area contributed by atoms with Gasteiger partial charge in [-0.05, 0) is 12.5 Å². The van der Waals surface area contributed by atoms with E-state index in [0.29, 0.717) is 5.82 Å². The lowest BCUT2D eigenvalue weighted by Crippen LogP contribution is -2.13. The van der Waals surface area contributed by atoms with Crippen molar-refractivity contribution in [1.29, 1.82) is 0 Å². The third kappa shape index (κ3) is 2.18. The number of aromatic nitrogens is 2. The minimum Gasteiger partial charge on any atom is -0.382 e. The Bertz CT molecular complexity index is 515. The van der Waals surface area contributed by atoms with Crippen LogP contribution in [0.2, 0.25) is 0 Å². The summed E-state index contributed by atoms with van der Waals surface area (Å²) >= 11 is 0. The Kier molecular flexibility index (Phi) is 2.69. The first-order valence-electron chi connectivity index (χ1n) is 5.81. The normalized spacial score (nSPS) is 11.8. The van der Waals surface area contributed by atoms with Crippen LogP contribution < -0.4 is 5.73 Å². The van der Waals surface area contributed by atoms with Crippen molar-refractivity contribution in [3.8, 4) is 11.1 Å². The summed E-state index contributed by atoms with van der Waals surface area (Å²) in [5, 5.41) is 7.19. The van der Waals surface area contributed by atoms with Crippen molar-refractivity contribution in [1.82, 2.24) is 10.2 Å². The minimum absolute atomic E-state index is 0.00480. The number of nitrogens with two attached hydrogens (primary N) is 1. The lowest BCUT2D eigenvalue weighted by atomic mass is 9.87. The second kappa shape index (κ2) is 3.91. The smallest absolute Gasteiger partial charge is 0.153 e. The number of hydrogen-bond acceptors (Lipinski definition) is 2. The first kappa shape index (κ1) is 11.7. The molecule has 0 bridgehead atoms. The fraction of sp³-hybridized carbons (Fsp3) is 0.357. The Morgan fingerprint density at radius 1 is 1.12 bits per heavy atom. The molecule has 3 heteroatoms. The van der Waals surface area contributed by atoms with Crippen LogP contribution >= 0.6 is 0 Å². The van der Waals surface area contributed by atoms with E-state index in [2.05, 4.69) is 62.2 Å². The number of H-pyrrole nitrogens is 1. The molecular weight excluding hydrogens is 210 g/mol. The van der Waals surface area contributed by atoms with Crippen molar-refractivity contribution in [3.63, 3.8) is 0 Å². The zero-order valence-electron chi connectivity index (χ0n) is 10.8. The van der Waals surface area contributed by atoms with Crippen molar-refractivity contribution in [2.24, 2.45) is 0 Å². The second-order valence-electron chi connectivity index (χ2n) is 5.47. The molecule has 17 heavy (non-hydrogen) atoms. The largest absolute Gasteiger partial charge is 0.382 e. The van der Waals surface area contributed by atoms with E-state index >= 15 is 0 Å². The van der Waals surface area contributed by atoms with Crippen LogP contribution in [0.4, 0.5) is 5.82 Å². The van der Waals surface area contributed by atoms with Crippen molar-refractivity contribution in [3.05, 3.63) is 35.5 Å². The van der Waals surface area contributed by atoms with E-state index in [1.54, 1.807) is 0 Å². The average molecular weight is 229 g/mol. The second-order valence-corrected chi connectivity index (χ2v) is 5.47. The van der Waals surface area contributed by atoms with E-state index < -0.39 is 0 Å². The van der Waals surface area contributed by atoms with E-state index in [1.165, 1.54) is 5.56 Å². The summed E-state index contributed by atoms with van der Waals surface area (Å²) in [5.41, 5.74) is 10.4. The van der Waals surface area contributed by atoms with Gasteiger partial charge in [0, 0.05) is 11.0 Å². The molecule has 2 aromatic rings. The van der Waals surface area contributed by atoms with Gasteiger partial charge in [0.05, 0.1) is 5.69 Å². The number of rotatable bonds is 1. The molecule has 1 aromatic heterocycles. The lowest BCUT2D eigenvalue weighted by molar-refractivity contribution is 0.568. The van der Waals surface area contributed by atoms with Gasteiger partial charge in [0.1, 0.15) is 0 Å². The number of nitrogen functional groups attached to an aromatic ring is 1. The quantitative estimate of drug-likeness (QED) is 0.788. The number of aromatic amines is 1. The molecule has 0 unspecified atom stereocenters. The van der Waals surface area contributed by atoms with Crippen LogP contribution in [0.1, 0.15) is 32.0 Å². The monoisotopic (exact) mass is 229 g/mol. The highest BCUT2D eigenvalue weighted by Crippen LogP contribution is 2.35. The van der Waals surface area contributed by atoms with E-state index in [9.17, 15) is 0 Å². The van der Waals surface area contributed by atoms with Crippen molar-refractivity contribution in [2.45, 2.75) is 33.1 Å². The molecule has 0 spiro atoms. The Labute approximate surface area is 102 Å². The molecule has 0 radical (unpaired) electrons. The summed E-state index contributed by atoms with van der Waals surface area (Å²) in [5.74, 6) is 0.568. The van der Waals surface area contributed by atoms with Gasteiger partial charge >= 0.3 is 0 Å². The van der Waals surface area contributed by atoms with Crippen LogP contribution in [0.25, 0.3) is 11.1 Å². The topological polar surface area (TPSA) is 54.7 Å². The lowest BCUT2D eigenvalue weighted by Gasteiger charge is -2.18. The van der Waals surface area contributed by atoms with Gasteiger partial charge in [0.25, 0.3) is 0 Å². The first-order valence-corrected chi connectivity index (χ1v) is 5.81. The van der Waals surface area contributed by atoms with E-state index in [1.807, 2.05) is 0 Å². The van der Waals surface area contributed by atoms with Gasteiger partial charge in [0.15, 0.2) is 5.82 Å². The number of aryl methyl sites for hydroxylation is 1. The molecule has 90 valence electrons. The third-order valence-electron chi connectivity index (χ3n) is 2.88. The molecule has 2 rings (SSSR count). The summed E-state index contributed by atoms with van der Waals surface area (Å²) in [6.07, 6.45) is 0. The zero-order valence-corrected chi connectivity index (χ0v) is 10.8. The molecule has 0 saturated carbocycles. The van der Waals surface area contributed by atoms with Crippen LogP contribution in [-0.2, 0) is 5.41 Å². The SMILES string of the molecule is Cc1ccc(-c2c(N)n[nH]c2C(C)(C)C)cc1. The highest BCUT2D eigenvalue weighted by molar-refractivity contribution is 5.77. The molecular formula is C14H19N3. The molecule has 1 aromatic carbocycles. The summed E-state index contributed by atoms with van der Waals surface area (Å²) in [6.45, 7) is 8.53. The van der Waals surface area contributed by atoms with Gasteiger partial charge in [0.2, 0.25) is 0 Å². The number of nitrogens with zero attached hydrogens (tertiary/aromatic N) is 1. The molecule has 0 atom stereocenters. The van der Waals surface area contributed by atoms with Crippen molar-refractivity contribution < 1.29 is 0 Å². The summed E-state index contributed by atoms with van der Waals surface area (Å²) in [7, 11) is 0. The van der Waals surface area contributed by atoms with E-state index in [4.69, 9.17) is 5.73 Å². The number of benzene rings is 1. The van der Waals surface area contributed by atoms with Crippen LogP contribution in [-0.4, -0.2) is 10.2 Å². The molecule has 1 heterocycles. The summed E-state index contributed by atoms with van der Waals surface area (Å²) in [6, 6.07) is 8.36. The van der Waals surface area contributed by atoms with Crippen molar-refractivity contribution in [2.75, 3.05) is 5.73 Å². The maximum Gasteiger partial charge on any atom is 0.153 e.